The van der Waals surface area contributed by atoms with E-state index in [0.29, 0.717) is 35.7 Å². The van der Waals surface area contributed by atoms with Crippen LogP contribution >= 0.6 is 0 Å². The molecule has 32 heavy (non-hydrogen) atoms. The molecule has 3 aromatic carbocycles. The van der Waals surface area contributed by atoms with Crippen molar-refractivity contribution in [1.29, 1.82) is 0 Å². The van der Waals surface area contributed by atoms with Crippen molar-refractivity contribution in [2.45, 2.75) is 18.3 Å². The van der Waals surface area contributed by atoms with Gasteiger partial charge < -0.3 is 10.1 Å². The Morgan fingerprint density at radius 2 is 1.53 bits per heavy atom. The first-order chi connectivity index (χ1) is 15.7. The molecule has 0 saturated heterocycles. The molecule has 0 radical (unpaired) electrons. The SMILES string of the molecule is O=C(CN1C(=O)COc2ccccc21)NC[C@H]1CC2c3ccccc3C1c1ccccc12. The number of carbonyl (C=O) groups is 2. The van der Waals surface area contributed by atoms with Crippen LogP contribution in [0.1, 0.15) is 40.5 Å². The molecule has 1 aliphatic heterocycles. The van der Waals surface area contributed by atoms with Crippen LogP contribution in [0.2, 0.25) is 0 Å². The lowest BCUT2D eigenvalue weighted by atomic mass is 9.59. The molecular weight excluding hydrogens is 400 g/mol. The topological polar surface area (TPSA) is 58.6 Å². The van der Waals surface area contributed by atoms with Crippen LogP contribution in [0.4, 0.5) is 5.69 Å². The Balaban J connectivity index is 1.20. The van der Waals surface area contributed by atoms with E-state index in [2.05, 4.69) is 53.8 Å². The molecule has 5 heteroatoms. The lowest BCUT2D eigenvalue weighted by molar-refractivity contribution is -0.125. The summed E-state index contributed by atoms with van der Waals surface area (Å²) in [5.41, 5.74) is 6.28. The zero-order valence-electron chi connectivity index (χ0n) is 17.7. The predicted octanol–water partition coefficient (Wildman–Crippen LogP) is 3.83. The number of amides is 2. The van der Waals surface area contributed by atoms with Crippen molar-refractivity contribution in [3.05, 3.63) is 95.1 Å². The molecule has 0 spiro atoms. The van der Waals surface area contributed by atoms with Crippen molar-refractivity contribution in [3.8, 4) is 5.75 Å². The molecule has 0 aromatic heterocycles. The second kappa shape index (κ2) is 7.52. The number of hydrogen-bond donors (Lipinski definition) is 1. The van der Waals surface area contributed by atoms with Crippen molar-refractivity contribution in [3.63, 3.8) is 0 Å². The van der Waals surface area contributed by atoms with Gasteiger partial charge in [0.05, 0.1) is 5.69 Å². The molecule has 2 bridgehead atoms. The second-order valence-electron chi connectivity index (χ2n) is 8.82. The van der Waals surface area contributed by atoms with E-state index in [9.17, 15) is 9.59 Å². The minimum absolute atomic E-state index is 0.00714. The smallest absolute Gasteiger partial charge is 0.265 e. The summed E-state index contributed by atoms with van der Waals surface area (Å²) < 4.78 is 5.48. The molecule has 0 fully saturated rings. The highest BCUT2D eigenvalue weighted by molar-refractivity contribution is 6.02. The average Bonchev–Trinajstić information content (AvgIpc) is 2.84. The standard InChI is InChI=1S/C27H24N2O3/c30-25(15-29-23-11-5-6-12-24(23)32-16-26(29)31)28-14-17-13-22-18-7-1-3-9-20(18)27(17)21-10-4-2-8-19(21)22/h1-12,17,22,27H,13-16H2,(H,28,30)/t17-,22?,27?/m1/s1. The molecule has 1 atom stereocenters. The van der Waals surface area contributed by atoms with Gasteiger partial charge in [0, 0.05) is 18.4 Å². The van der Waals surface area contributed by atoms with E-state index < -0.39 is 0 Å². The van der Waals surface area contributed by atoms with E-state index in [1.54, 1.807) is 0 Å². The zero-order valence-corrected chi connectivity index (χ0v) is 17.7. The molecule has 3 aromatic rings. The summed E-state index contributed by atoms with van der Waals surface area (Å²) in [6.07, 6.45) is 1.03. The fraction of sp³-hybridized carbons (Fsp3) is 0.259. The second-order valence-corrected chi connectivity index (χ2v) is 8.82. The fourth-order valence-corrected chi connectivity index (χ4v) is 5.73. The summed E-state index contributed by atoms with van der Waals surface area (Å²) in [5.74, 6) is 1.30. The number of para-hydroxylation sites is 2. The van der Waals surface area contributed by atoms with Crippen LogP contribution in [-0.2, 0) is 9.59 Å². The minimum atomic E-state index is -0.196. The Morgan fingerprint density at radius 3 is 2.25 bits per heavy atom. The molecule has 7 rings (SSSR count). The lowest BCUT2D eigenvalue weighted by Crippen LogP contribution is -2.47. The number of nitrogens with one attached hydrogen (secondary N) is 1. The number of fused-ring (bicyclic) bond motifs is 2. The van der Waals surface area contributed by atoms with Crippen LogP contribution in [0.25, 0.3) is 0 Å². The Hall–Kier alpha value is -3.60. The summed E-state index contributed by atoms with van der Waals surface area (Å²) in [6, 6.07) is 24.8. The normalized spacial score (nSPS) is 22.4. The van der Waals surface area contributed by atoms with Gasteiger partial charge in [-0.05, 0) is 46.7 Å². The first-order valence-corrected chi connectivity index (χ1v) is 11.2. The van der Waals surface area contributed by atoms with Crippen molar-refractivity contribution in [2.24, 2.45) is 5.92 Å². The summed E-state index contributed by atoms with van der Waals surface area (Å²) >= 11 is 0. The first kappa shape index (κ1) is 19.1. The molecule has 160 valence electrons. The molecule has 0 unspecified atom stereocenters. The number of rotatable bonds is 4. The summed E-state index contributed by atoms with van der Waals surface area (Å²) in [6.45, 7) is 0.570. The fourth-order valence-electron chi connectivity index (χ4n) is 5.73. The van der Waals surface area contributed by atoms with Gasteiger partial charge in [-0.25, -0.2) is 0 Å². The van der Waals surface area contributed by atoms with Crippen LogP contribution in [0.3, 0.4) is 0 Å². The molecule has 3 aliphatic carbocycles. The maximum Gasteiger partial charge on any atom is 0.265 e. The first-order valence-electron chi connectivity index (χ1n) is 11.2. The average molecular weight is 425 g/mol. The Morgan fingerprint density at radius 1 is 0.906 bits per heavy atom. The summed E-state index contributed by atoms with van der Waals surface area (Å²) in [5, 5.41) is 3.12. The maximum absolute atomic E-state index is 12.9. The highest BCUT2D eigenvalue weighted by Gasteiger charge is 2.43. The van der Waals surface area contributed by atoms with Crippen LogP contribution < -0.4 is 15.0 Å². The number of carbonyl (C=O) groups excluding carboxylic acids is 2. The number of hydrogen-bond acceptors (Lipinski definition) is 3. The van der Waals surface area contributed by atoms with Crippen LogP contribution in [-0.4, -0.2) is 31.5 Å². The van der Waals surface area contributed by atoms with E-state index in [1.165, 1.54) is 27.2 Å². The Kier molecular flexibility index (Phi) is 4.49. The minimum Gasteiger partial charge on any atom is -0.482 e. The largest absolute Gasteiger partial charge is 0.482 e. The predicted molar refractivity (Wildman–Crippen MR) is 122 cm³/mol. The number of ether oxygens (including phenoxy) is 1. The van der Waals surface area contributed by atoms with E-state index in [4.69, 9.17) is 4.74 Å². The molecule has 0 saturated carbocycles. The van der Waals surface area contributed by atoms with Crippen molar-refractivity contribution >= 4 is 17.5 Å². The maximum atomic E-state index is 12.9. The van der Waals surface area contributed by atoms with Gasteiger partial charge in [0.15, 0.2) is 6.61 Å². The zero-order chi connectivity index (χ0) is 21.7. The molecular formula is C27H24N2O3. The Labute approximate surface area is 187 Å². The van der Waals surface area contributed by atoms with E-state index >= 15 is 0 Å². The molecule has 5 nitrogen and oxygen atoms in total. The highest BCUT2D eigenvalue weighted by Crippen LogP contribution is 2.55. The van der Waals surface area contributed by atoms with Crippen molar-refractivity contribution in [2.75, 3.05) is 24.6 Å². The third-order valence-electron chi connectivity index (χ3n) is 7.09. The van der Waals surface area contributed by atoms with Crippen molar-refractivity contribution in [1.82, 2.24) is 5.32 Å². The molecule has 2 amide bonds. The van der Waals surface area contributed by atoms with Crippen LogP contribution in [0.15, 0.2) is 72.8 Å². The quantitative estimate of drug-likeness (QED) is 0.693. The lowest BCUT2D eigenvalue weighted by Gasteiger charge is -2.45. The number of nitrogens with zero attached hydrogens (tertiary/aromatic N) is 1. The van der Waals surface area contributed by atoms with Gasteiger partial charge in [-0.1, -0.05) is 60.7 Å². The van der Waals surface area contributed by atoms with E-state index in [1.807, 2.05) is 24.3 Å². The third kappa shape index (κ3) is 3.00. The van der Waals surface area contributed by atoms with E-state index in [-0.39, 0.29) is 25.0 Å². The van der Waals surface area contributed by atoms with Gasteiger partial charge in [-0.2, -0.15) is 0 Å². The monoisotopic (exact) mass is 424 g/mol. The molecule has 1 heterocycles. The molecule has 1 N–H and O–H groups in total. The van der Waals surface area contributed by atoms with Gasteiger partial charge in [0.2, 0.25) is 5.91 Å². The van der Waals surface area contributed by atoms with Crippen molar-refractivity contribution < 1.29 is 14.3 Å². The number of benzene rings is 3. The molecule has 4 aliphatic rings. The summed E-state index contributed by atoms with van der Waals surface area (Å²) in [7, 11) is 0. The number of anilines is 1. The van der Waals surface area contributed by atoms with Gasteiger partial charge in [-0.3, -0.25) is 14.5 Å². The van der Waals surface area contributed by atoms with E-state index in [0.717, 1.165) is 6.42 Å². The van der Waals surface area contributed by atoms with Crippen LogP contribution in [0.5, 0.6) is 5.75 Å². The Bertz CT molecular complexity index is 1170. The van der Waals surface area contributed by atoms with Gasteiger partial charge in [-0.15, -0.1) is 0 Å². The van der Waals surface area contributed by atoms with Crippen LogP contribution in [0, 0.1) is 5.92 Å². The van der Waals surface area contributed by atoms with Gasteiger partial charge in [0.1, 0.15) is 12.3 Å². The van der Waals surface area contributed by atoms with Gasteiger partial charge in [0.25, 0.3) is 5.91 Å². The third-order valence-corrected chi connectivity index (χ3v) is 7.09. The van der Waals surface area contributed by atoms with Gasteiger partial charge >= 0.3 is 0 Å². The summed E-state index contributed by atoms with van der Waals surface area (Å²) in [4.78, 5) is 26.8. The highest BCUT2D eigenvalue weighted by atomic mass is 16.5.